The lowest BCUT2D eigenvalue weighted by atomic mass is 10.2. The second kappa shape index (κ2) is 5.45. The minimum Gasteiger partial charge on any atom is -0.327 e. The van der Waals surface area contributed by atoms with E-state index in [0.717, 1.165) is 6.42 Å². The molecule has 0 aromatic carbocycles. The SMILES string of the molecule is O=C(CCc1cccs1)Nc1ccc(=O)[nH]c1. The van der Waals surface area contributed by atoms with E-state index in [9.17, 15) is 9.59 Å². The van der Waals surface area contributed by atoms with E-state index < -0.39 is 0 Å². The number of carbonyl (C=O) groups is 1. The van der Waals surface area contributed by atoms with Gasteiger partial charge in [-0.25, -0.2) is 0 Å². The topological polar surface area (TPSA) is 62.0 Å². The van der Waals surface area contributed by atoms with Gasteiger partial charge in [-0.1, -0.05) is 6.07 Å². The van der Waals surface area contributed by atoms with Crippen molar-refractivity contribution in [3.05, 3.63) is 51.1 Å². The molecule has 17 heavy (non-hydrogen) atoms. The van der Waals surface area contributed by atoms with Gasteiger partial charge in [0.25, 0.3) is 0 Å². The van der Waals surface area contributed by atoms with Crippen molar-refractivity contribution in [2.24, 2.45) is 0 Å². The van der Waals surface area contributed by atoms with Crippen LogP contribution in [-0.2, 0) is 11.2 Å². The van der Waals surface area contributed by atoms with Crippen molar-refractivity contribution in [1.29, 1.82) is 0 Å². The molecule has 2 rings (SSSR count). The summed E-state index contributed by atoms with van der Waals surface area (Å²) in [6.45, 7) is 0. The first kappa shape index (κ1) is 11.6. The summed E-state index contributed by atoms with van der Waals surface area (Å²) in [5, 5.41) is 4.72. The van der Waals surface area contributed by atoms with Crippen molar-refractivity contribution in [2.45, 2.75) is 12.8 Å². The van der Waals surface area contributed by atoms with Crippen LogP contribution in [0.5, 0.6) is 0 Å². The van der Waals surface area contributed by atoms with Gasteiger partial charge in [-0.3, -0.25) is 9.59 Å². The molecule has 0 atom stereocenters. The third kappa shape index (κ3) is 3.57. The van der Waals surface area contributed by atoms with E-state index in [1.165, 1.54) is 17.1 Å². The Morgan fingerprint density at radius 2 is 2.24 bits per heavy atom. The van der Waals surface area contributed by atoms with Crippen molar-refractivity contribution in [1.82, 2.24) is 4.98 Å². The number of hydrogen-bond donors (Lipinski definition) is 2. The maximum atomic E-state index is 11.6. The number of H-pyrrole nitrogens is 1. The number of pyridine rings is 1. The van der Waals surface area contributed by atoms with E-state index in [0.29, 0.717) is 12.1 Å². The molecule has 0 spiro atoms. The van der Waals surface area contributed by atoms with Crippen molar-refractivity contribution in [3.8, 4) is 0 Å². The molecule has 0 aliphatic carbocycles. The number of thiophene rings is 1. The number of aromatic amines is 1. The predicted octanol–water partition coefficient (Wildman–Crippen LogP) is 2.01. The van der Waals surface area contributed by atoms with Crippen LogP contribution in [0.25, 0.3) is 0 Å². The lowest BCUT2D eigenvalue weighted by Gasteiger charge is -2.03. The molecule has 1 amide bonds. The van der Waals surface area contributed by atoms with Gasteiger partial charge in [-0.05, 0) is 23.9 Å². The van der Waals surface area contributed by atoms with Crippen molar-refractivity contribution in [3.63, 3.8) is 0 Å². The Balaban J connectivity index is 1.85. The molecule has 0 bridgehead atoms. The van der Waals surface area contributed by atoms with Crippen LogP contribution in [0.2, 0.25) is 0 Å². The minimum atomic E-state index is -0.179. The molecule has 0 fully saturated rings. The number of nitrogens with one attached hydrogen (secondary N) is 2. The lowest BCUT2D eigenvalue weighted by molar-refractivity contribution is -0.116. The second-order valence-corrected chi connectivity index (χ2v) is 4.60. The summed E-state index contributed by atoms with van der Waals surface area (Å²) in [7, 11) is 0. The first-order valence-electron chi connectivity index (χ1n) is 5.25. The number of aryl methyl sites for hydroxylation is 1. The van der Waals surface area contributed by atoms with Gasteiger partial charge in [0.2, 0.25) is 11.5 Å². The Kier molecular flexibility index (Phi) is 3.72. The van der Waals surface area contributed by atoms with Gasteiger partial charge in [0.1, 0.15) is 0 Å². The molecule has 0 aliphatic heterocycles. The van der Waals surface area contributed by atoms with E-state index in [1.807, 2.05) is 17.5 Å². The van der Waals surface area contributed by atoms with E-state index in [2.05, 4.69) is 10.3 Å². The first-order chi connectivity index (χ1) is 8.24. The fourth-order valence-corrected chi connectivity index (χ4v) is 2.11. The monoisotopic (exact) mass is 248 g/mol. The third-order valence-electron chi connectivity index (χ3n) is 2.25. The fraction of sp³-hybridized carbons (Fsp3) is 0.167. The molecular formula is C12H12N2O2S. The van der Waals surface area contributed by atoms with E-state index in [-0.39, 0.29) is 11.5 Å². The summed E-state index contributed by atoms with van der Waals surface area (Å²) in [5.41, 5.74) is 0.433. The molecule has 0 saturated heterocycles. The molecule has 5 heteroatoms. The maximum Gasteiger partial charge on any atom is 0.248 e. The third-order valence-corrected chi connectivity index (χ3v) is 3.18. The summed E-state index contributed by atoms with van der Waals surface area (Å²) in [5.74, 6) is -0.0505. The summed E-state index contributed by atoms with van der Waals surface area (Å²) in [6, 6.07) is 6.95. The number of carbonyl (C=O) groups excluding carboxylic acids is 1. The maximum absolute atomic E-state index is 11.6. The zero-order chi connectivity index (χ0) is 12.1. The molecule has 0 unspecified atom stereocenters. The fourth-order valence-electron chi connectivity index (χ4n) is 1.40. The Morgan fingerprint density at radius 1 is 1.35 bits per heavy atom. The van der Waals surface area contributed by atoms with Gasteiger partial charge in [-0.2, -0.15) is 0 Å². The Bertz CT molecular complexity index is 525. The highest BCUT2D eigenvalue weighted by Gasteiger charge is 2.03. The molecular weight excluding hydrogens is 236 g/mol. The van der Waals surface area contributed by atoms with Crippen LogP contribution in [0, 0.1) is 0 Å². The summed E-state index contributed by atoms with van der Waals surface area (Å²) in [4.78, 5) is 26.1. The van der Waals surface area contributed by atoms with Crippen LogP contribution in [0.4, 0.5) is 5.69 Å². The zero-order valence-corrected chi connectivity index (χ0v) is 9.92. The van der Waals surface area contributed by atoms with Crippen molar-refractivity contribution in [2.75, 3.05) is 5.32 Å². The van der Waals surface area contributed by atoms with Gasteiger partial charge >= 0.3 is 0 Å². The summed E-state index contributed by atoms with van der Waals surface area (Å²) < 4.78 is 0. The normalized spacial score (nSPS) is 10.1. The molecule has 0 radical (unpaired) electrons. The Hall–Kier alpha value is -1.88. The smallest absolute Gasteiger partial charge is 0.248 e. The summed E-state index contributed by atoms with van der Waals surface area (Å²) in [6.07, 6.45) is 2.68. The van der Waals surface area contributed by atoms with Gasteiger partial charge in [0.05, 0.1) is 5.69 Å². The van der Waals surface area contributed by atoms with Gasteiger partial charge < -0.3 is 10.3 Å². The van der Waals surface area contributed by atoms with Crippen LogP contribution in [0.1, 0.15) is 11.3 Å². The average molecular weight is 248 g/mol. The van der Waals surface area contributed by atoms with Crippen LogP contribution in [-0.4, -0.2) is 10.9 Å². The largest absolute Gasteiger partial charge is 0.327 e. The molecule has 0 saturated carbocycles. The van der Waals surface area contributed by atoms with Gasteiger partial charge in [0, 0.05) is 23.6 Å². The number of aromatic nitrogens is 1. The highest BCUT2D eigenvalue weighted by molar-refractivity contribution is 7.09. The molecule has 4 nitrogen and oxygen atoms in total. The highest BCUT2D eigenvalue weighted by Crippen LogP contribution is 2.11. The number of amides is 1. The second-order valence-electron chi connectivity index (χ2n) is 3.57. The van der Waals surface area contributed by atoms with Crippen LogP contribution >= 0.6 is 11.3 Å². The number of hydrogen-bond acceptors (Lipinski definition) is 3. The Morgan fingerprint density at radius 3 is 2.88 bits per heavy atom. The highest BCUT2D eigenvalue weighted by atomic mass is 32.1. The van der Waals surface area contributed by atoms with Crippen molar-refractivity contribution < 1.29 is 4.79 Å². The van der Waals surface area contributed by atoms with Crippen LogP contribution < -0.4 is 10.9 Å². The standard InChI is InChI=1S/C12H12N2O2S/c15-11-5-3-9(8-13-11)14-12(16)6-4-10-2-1-7-17-10/h1-3,5,7-8H,4,6H2,(H,13,15)(H,14,16). The summed E-state index contributed by atoms with van der Waals surface area (Å²) >= 11 is 1.65. The van der Waals surface area contributed by atoms with Crippen molar-refractivity contribution >= 4 is 22.9 Å². The average Bonchev–Trinajstić information content (AvgIpc) is 2.83. The minimum absolute atomic E-state index is 0.0505. The molecule has 2 aromatic heterocycles. The van der Waals surface area contributed by atoms with E-state index >= 15 is 0 Å². The van der Waals surface area contributed by atoms with Gasteiger partial charge in [0.15, 0.2) is 0 Å². The lowest BCUT2D eigenvalue weighted by Crippen LogP contribution is -2.13. The first-order valence-corrected chi connectivity index (χ1v) is 6.13. The van der Waals surface area contributed by atoms with Crippen LogP contribution in [0.15, 0.2) is 40.6 Å². The molecule has 0 aliphatic rings. The molecule has 2 aromatic rings. The Labute approximate surface area is 102 Å². The molecule has 2 N–H and O–H groups in total. The van der Waals surface area contributed by atoms with E-state index in [1.54, 1.807) is 17.4 Å². The quantitative estimate of drug-likeness (QED) is 0.869. The number of anilines is 1. The zero-order valence-electron chi connectivity index (χ0n) is 9.10. The molecule has 2 heterocycles. The predicted molar refractivity (Wildman–Crippen MR) is 68.3 cm³/mol. The number of rotatable bonds is 4. The van der Waals surface area contributed by atoms with Crippen LogP contribution in [0.3, 0.4) is 0 Å². The van der Waals surface area contributed by atoms with E-state index in [4.69, 9.17) is 0 Å². The molecule has 88 valence electrons. The van der Waals surface area contributed by atoms with Gasteiger partial charge in [-0.15, -0.1) is 11.3 Å².